The molecule has 0 atom stereocenters. The van der Waals surface area contributed by atoms with E-state index in [4.69, 9.17) is 4.74 Å². The van der Waals surface area contributed by atoms with Crippen LogP contribution < -0.4 is 4.74 Å². The lowest BCUT2D eigenvalue weighted by Gasteiger charge is -2.19. The van der Waals surface area contributed by atoms with Gasteiger partial charge in [-0.05, 0) is 36.1 Å². The monoisotopic (exact) mass is 330 g/mol. The molecule has 1 nitrogen and oxygen atoms in total. The maximum Gasteiger partial charge on any atom is 0.416 e. The Kier molecular flexibility index (Phi) is 4.47. The van der Waals surface area contributed by atoms with Crippen molar-refractivity contribution in [1.29, 1.82) is 0 Å². The quantitative estimate of drug-likeness (QED) is 0.659. The van der Waals surface area contributed by atoms with E-state index in [9.17, 15) is 13.2 Å². The summed E-state index contributed by atoms with van der Waals surface area (Å²) in [5.41, 5.74) is 1.71. The lowest BCUT2D eigenvalue weighted by Crippen LogP contribution is -2.07. The van der Waals surface area contributed by atoms with Crippen LogP contribution in [0, 0.1) is 0 Å². The van der Waals surface area contributed by atoms with E-state index >= 15 is 0 Å². The number of hydrogen-bond acceptors (Lipinski definition) is 1. The van der Waals surface area contributed by atoms with Crippen LogP contribution in [0.5, 0.6) is 5.75 Å². The predicted molar refractivity (Wildman–Crippen MR) is 89.8 cm³/mol. The lowest BCUT2D eigenvalue weighted by atomic mass is 9.92. The lowest BCUT2D eigenvalue weighted by molar-refractivity contribution is -0.137. The van der Waals surface area contributed by atoms with Crippen LogP contribution in [0.1, 0.15) is 24.0 Å². The zero-order valence-corrected chi connectivity index (χ0v) is 13.2. The summed E-state index contributed by atoms with van der Waals surface area (Å²) in [6, 6.07) is 11.3. The summed E-state index contributed by atoms with van der Waals surface area (Å²) < 4.78 is 45.7. The Morgan fingerprint density at radius 2 is 1.67 bits per heavy atom. The summed E-state index contributed by atoms with van der Waals surface area (Å²) in [6.07, 6.45) is 3.08. The molecule has 0 heterocycles. The van der Waals surface area contributed by atoms with Crippen LogP contribution in [0.3, 0.4) is 0 Å². The minimum atomic E-state index is -4.41. The van der Waals surface area contributed by atoms with Crippen molar-refractivity contribution < 1.29 is 17.9 Å². The first-order valence-electron chi connectivity index (χ1n) is 7.72. The Morgan fingerprint density at radius 3 is 2.25 bits per heavy atom. The molecular weight excluding hydrogens is 313 g/mol. The van der Waals surface area contributed by atoms with Gasteiger partial charge in [-0.1, -0.05) is 48.6 Å². The van der Waals surface area contributed by atoms with Crippen molar-refractivity contribution in [2.24, 2.45) is 0 Å². The standard InChI is InChI=1S/C20H17F3O/c1-24-19-17(14-8-4-2-5-9-14)12-16(20(21,22)23)13-18(19)15-10-6-3-7-11-15/h2,4-6,8-13H,3,7H2,1H3. The van der Waals surface area contributed by atoms with Crippen LogP contribution in [0.25, 0.3) is 16.7 Å². The summed E-state index contributed by atoms with van der Waals surface area (Å²) in [6.45, 7) is 0. The normalized spacial score (nSPS) is 14.4. The Morgan fingerprint density at radius 1 is 0.958 bits per heavy atom. The van der Waals surface area contributed by atoms with Gasteiger partial charge < -0.3 is 4.74 Å². The number of rotatable bonds is 3. The molecule has 0 saturated heterocycles. The average Bonchev–Trinajstić information content (AvgIpc) is 2.61. The smallest absolute Gasteiger partial charge is 0.416 e. The molecule has 0 aliphatic heterocycles. The fourth-order valence-corrected chi connectivity index (χ4v) is 2.87. The molecule has 0 spiro atoms. The molecule has 0 aromatic heterocycles. The first-order chi connectivity index (χ1) is 11.5. The van der Waals surface area contributed by atoms with E-state index in [1.54, 1.807) is 24.3 Å². The van der Waals surface area contributed by atoms with Gasteiger partial charge in [-0.15, -0.1) is 0 Å². The molecule has 0 bridgehead atoms. The predicted octanol–water partition coefficient (Wildman–Crippen LogP) is 6.11. The Hall–Kier alpha value is -2.49. The number of allylic oxidation sites excluding steroid dienone is 4. The van der Waals surface area contributed by atoms with Gasteiger partial charge in [0.15, 0.2) is 0 Å². The maximum absolute atomic E-state index is 13.4. The van der Waals surface area contributed by atoms with E-state index in [2.05, 4.69) is 0 Å². The molecule has 0 radical (unpaired) electrons. The summed E-state index contributed by atoms with van der Waals surface area (Å²) in [4.78, 5) is 0. The molecule has 2 aromatic carbocycles. The molecule has 4 heteroatoms. The van der Waals surface area contributed by atoms with Gasteiger partial charge in [0.1, 0.15) is 5.75 Å². The van der Waals surface area contributed by atoms with Crippen LogP contribution in [0.4, 0.5) is 13.2 Å². The van der Waals surface area contributed by atoms with E-state index in [0.29, 0.717) is 22.4 Å². The van der Waals surface area contributed by atoms with E-state index < -0.39 is 11.7 Å². The second-order valence-electron chi connectivity index (χ2n) is 5.61. The minimum Gasteiger partial charge on any atom is -0.495 e. The highest BCUT2D eigenvalue weighted by Crippen LogP contribution is 2.42. The first kappa shape index (κ1) is 16.4. The van der Waals surface area contributed by atoms with Crippen molar-refractivity contribution in [3.8, 4) is 16.9 Å². The van der Waals surface area contributed by atoms with Crippen molar-refractivity contribution in [2.45, 2.75) is 19.0 Å². The van der Waals surface area contributed by atoms with Gasteiger partial charge in [-0.2, -0.15) is 13.2 Å². The van der Waals surface area contributed by atoms with Gasteiger partial charge in [0.05, 0.1) is 12.7 Å². The van der Waals surface area contributed by atoms with Gasteiger partial charge >= 0.3 is 6.18 Å². The second-order valence-corrected chi connectivity index (χ2v) is 5.61. The van der Waals surface area contributed by atoms with Crippen LogP contribution >= 0.6 is 0 Å². The SMILES string of the molecule is COc1c(C2=CCCC=C2)cc(C(F)(F)F)cc1-c1ccccc1. The third-order valence-corrected chi connectivity index (χ3v) is 4.01. The second kappa shape index (κ2) is 6.56. The zero-order valence-electron chi connectivity index (χ0n) is 13.2. The maximum atomic E-state index is 13.4. The average molecular weight is 330 g/mol. The van der Waals surface area contributed by atoms with Crippen molar-refractivity contribution in [3.63, 3.8) is 0 Å². The number of alkyl halides is 3. The third-order valence-electron chi connectivity index (χ3n) is 4.01. The summed E-state index contributed by atoms with van der Waals surface area (Å²) >= 11 is 0. The topological polar surface area (TPSA) is 9.23 Å². The molecule has 1 aliphatic rings. The van der Waals surface area contributed by atoms with Crippen LogP contribution in [-0.4, -0.2) is 7.11 Å². The molecule has 0 amide bonds. The van der Waals surface area contributed by atoms with E-state index in [1.807, 2.05) is 24.3 Å². The summed E-state index contributed by atoms with van der Waals surface area (Å²) in [7, 11) is 1.49. The molecule has 0 fully saturated rings. The molecule has 0 saturated carbocycles. The van der Waals surface area contributed by atoms with Crippen molar-refractivity contribution in [2.75, 3.05) is 7.11 Å². The molecule has 2 aromatic rings. The van der Waals surface area contributed by atoms with Crippen LogP contribution in [0.15, 0.2) is 60.7 Å². The number of ether oxygens (including phenoxy) is 1. The third kappa shape index (κ3) is 3.23. The summed E-state index contributed by atoms with van der Waals surface area (Å²) in [5, 5.41) is 0. The van der Waals surface area contributed by atoms with Crippen LogP contribution in [-0.2, 0) is 6.18 Å². The molecule has 0 unspecified atom stereocenters. The highest BCUT2D eigenvalue weighted by molar-refractivity contribution is 5.85. The van der Waals surface area contributed by atoms with Crippen molar-refractivity contribution in [3.05, 3.63) is 71.8 Å². The largest absolute Gasteiger partial charge is 0.495 e. The van der Waals surface area contributed by atoms with Crippen LogP contribution in [0.2, 0.25) is 0 Å². The Labute approximate surface area is 139 Å². The fraction of sp³-hybridized carbons (Fsp3) is 0.200. The minimum absolute atomic E-state index is 0.447. The highest BCUT2D eigenvalue weighted by atomic mass is 19.4. The molecular formula is C20H17F3O. The van der Waals surface area contributed by atoms with E-state index in [1.165, 1.54) is 13.2 Å². The van der Waals surface area contributed by atoms with Crippen molar-refractivity contribution >= 4 is 5.57 Å². The van der Waals surface area contributed by atoms with Gasteiger partial charge in [0.25, 0.3) is 0 Å². The molecule has 124 valence electrons. The Balaban J connectivity index is 2.28. The first-order valence-corrected chi connectivity index (χ1v) is 7.72. The Bertz CT molecular complexity index is 787. The number of halogens is 3. The van der Waals surface area contributed by atoms with E-state index in [0.717, 1.165) is 24.5 Å². The fourth-order valence-electron chi connectivity index (χ4n) is 2.87. The molecule has 0 N–H and O–H groups in total. The molecule has 3 rings (SSSR count). The summed E-state index contributed by atoms with van der Waals surface area (Å²) in [5.74, 6) is 0.465. The molecule has 1 aliphatic carbocycles. The van der Waals surface area contributed by atoms with Gasteiger partial charge in [-0.25, -0.2) is 0 Å². The van der Waals surface area contributed by atoms with Gasteiger partial charge in [0, 0.05) is 11.1 Å². The number of hydrogen-bond donors (Lipinski definition) is 0. The number of benzene rings is 2. The highest BCUT2D eigenvalue weighted by Gasteiger charge is 2.33. The van der Waals surface area contributed by atoms with E-state index in [-0.39, 0.29) is 0 Å². The van der Waals surface area contributed by atoms with Gasteiger partial charge in [0.2, 0.25) is 0 Å². The van der Waals surface area contributed by atoms with Gasteiger partial charge in [-0.3, -0.25) is 0 Å². The zero-order chi connectivity index (χ0) is 17.2. The number of methoxy groups -OCH3 is 1. The molecule has 24 heavy (non-hydrogen) atoms. The van der Waals surface area contributed by atoms with Crippen molar-refractivity contribution in [1.82, 2.24) is 0 Å².